The largest absolute Gasteiger partial charge is 0.443 e. The third kappa shape index (κ3) is 18.5. The minimum absolute atomic E-state index is 0.0662. The maximum atomic E-state index is 12.7. The summed E-state index contributed by atoms with van der Waals surface area (Å²) in [6.07, 6.45) is 4.36. The van der Waals surface area contributed by atoms with Crippen molar-refractivity contribution in [2.75, 3.05) is 17.2 Å². The number of benzene rings is 2. The number of nitrogens with zero attached hydrogens (tertiary/aromatic N) is 1. The third-order valence-electron chi connectivity index (χ3n) is 6.89. The second-order valence-corrected chi connectivity index (χ2v) is 13.8. The number of ether oxygens (including phenoxy) is 2. The molecule has 2 aromatic carbocycles. The van der Waals surface area contributed by atoms with Gasteiger partial charge in [0.25, 0.3) is 0 Å². The summed E-state index contributed by atoms with van der Waals surface area (Å²) in [5.41, 5.74) is 5.91. The fourth-order valence-electron chi connectivity index (χ4n) is 4.55. The highest BCUT2D eigenvalue weighted by Gasteiger charge is 2.26. The molecule has 13 nitrogen and oxygen atoms in total. The van der Waals surface area contributed by atoms with E-state index >= 15 is 0 Å². The van der Waals surface area contributed by atoms with E-state index in [1.165, 1.54) is 0 Å². The Morgan fingerprint density at radius 3 is 1.53 bits per heavy atom. The number of hydrogen-bond acceptors (Lipinski definition) is 8. The van der Waals surface area contributed by atoms with Crippen LogP contribution in [0.1, 0.15) is 104 Å². The molecular weight excluding hydrogens is 630 g/mol. The van der Waals surface area contributed by atoms with E-state index in [9.17, 15) is 24.0 Å². The molecular formula is C36H53N5O8. The van der Waals surface area contributed by atoms with E-state index in [1.807, 2.05) is 36.4 Å². The molecule has 0 saturated heterocycles. The van der Waals surface area contributed by atoms with Crippen LogP contribution in [-0.4, -0.2) is 57.9 Å². The number of carbonyl (C=O) groups is 5. The molecule has 0 aliphatic carbocycles. The van der Waals surface area contributed by atoms with E-state index in [1.54, 1.807) is 59.2 Å². The quantitative estimate of drug-likeness (QED) is 0.0742. The number of rotatable bonds is 16. The highest BCUT2D eigenvalue weighted by Crippen LogP contribution is 2.16. The molecule has 0 saturated carbocycles. The molecule has 270 valence electrons. The number of unbranched alkanes of at least 4 members (excludes halogenated alkanes) is 3. The Hall–Kier alpha value is -4.65. The summed E-state index contributed by atoms with van der Waals surface area (Å²) >= 11 is 0. The number of aryl methyl sites for hydroxylation is 1. The van der Waals surface area contributed by atoms with Crippen molar-refractivity contribution >= 4 is 41.3 Å². The van der Waals surface area contributed by atoms with Crippen molar-refractivity contribution in [2.45, 2.75) is 117 Å². The van der Waals surface area contributed by atoms with Gasteiger partial charge in [-0.1, -0.05) is 37.1 Å². The molecule has 2 rings (SSSR count). The Balaban J connectivity index is 1.74. The predicted molar refractivity (Wildman–Crippen MR) is 187 cm³/mol. The van der Waals surface area contributed by atoms with Gasteiger partial charge in [-0.3, -0.25) is 19.6 Å². The van der Waals surface area contributed by atoms with E-state index < -0.39 is 29.3 Å². The van der Waals surface area contributed by atoms with Crippen molar-refractivity contribution in [2.24, 2.45) is 0 Å². The molecule has 0 heterocycles. The summed E-state index contributed by atoms with van der Waals surface area (Å²) < 4.78 is 10.7. The van der Waals surface area contributed by atoms with Crippen LogP contribution in [0.3, 0.4) is 0 Å². The third-order valence-corrected chi connectivity index (χ3v) is 6.89. The zero-order valence-corrected chi connectivity index (χ0v) is 29.6. The maximum Gasteiger partial charge on any atom is 0.429 e. The van der Waals surface area contributed by atoms with Crippen LogP contribution in [0.25, 0.3) is 0 Å². The van der Waals surface area contributed by atoms with Crippen molar-refractivity contribution in [3.05, 3.63) is 59.7 Å². The van der Waals surface area contributed by atoms with Gasteiger partial charge in [0.2, 0.25) is 17.7 Å². The summed E-state index contributed by atoms with van der Waals surface area (Å²) in [5, 5.41) is 15.4. The molecule has 5 N–H and O–H groups in total. The maximum absolute atomic E-state index is 12.7. The normalized spacial score (nSPS) is 11.2. The molecule has 0 unspecified atom stereocenters. The first kappa shape index (κ1) is 40.5. The van der Waals surface area contributed by atoms with E-state index in [2.05, 4.69) is 16.1 Å². The standard InChI is InChI=1S/C36H53N5O8/c1-35(2,3)48-33(45)39-41(34(46)49-36(4,5)6)25-24-27-18-22-29(23-19-27)38-31(43)15-11-12-26-16-20-28(21-17-26)37-30(42)13-9-7-8-10-14-32(44)40-47/h16-23,47H,7-15,24-25H2,1-6H3,(H,37,42)(H,38,43)(H,39,45)(H,40,44). The average Bonchev–Trinajstić information content (AvgIpc) is 3.00. The van der Waals surface area contributed by atoms with Gasteiger partial charge in [0.1, 0.15) is 11.2 Å². The fourth-order valence-corrected chi connectivity index (χ4v) is 4.55. The predicted octanol–water partition coefficient (Wildman–Crippen LogP) is 6.65. The van der Waals surface area contributed by atoms with Crippen LogP contribution >= 0.6 is 0 Å². The number of hydrazine groups is 1. The van der Waals surface area contributed by atoms with Crippen molar-refractivity contribution in [1.82, 2.24) is 15.9 Å². The molecule has 5 amide bonds. The van der Waals surface area contributed by atoms with Gasteiger partial charge in [-0.2, -0.15) is 0 Å². The molecule has 0 spiro atoms. The molecule has 13 heteroatoms. The summed E-state index contributed by atoms with van der Waals surface area (Å²) in [6.45, 7) is 10.6. The van der Waals surface area contributed by atoms with Crippen molar-refractivity contribution in [3.8, 4) is 0 Å². The minimum Gasteiger partial charge on any atom is -0.443 e. The highest BCUT2D eigenvalue weighted by atomic mass is 16.6. The van der Waals surface area contributed by atoms with Gasteiger partial charge in [-0.05, 0) is 109 Å². The lowest BCUT2D eigenvalue weighted by Gasteiger charge is -2.28. The first-order valence-electron chi connectivity index (χ1n) is 16.7. The van der Waals surface area contributed by atoms with Crippen molar-refractivity contribution in [1.29, 1.82) is 0 Å². The van der Waals surface area contributed by atoms with Gasteiger partial charge in [0.05, 0.1) is 6.54 Å². The van der Waals surface area contributed by atoms with Gasteiger partial charge in [0.15, 0.2) is 0 Å². The SMILES string of the molecule is CC(C)(C)OC(=O)NN(CCc1ccc(NC(=O)CCCc2ccc(NC(=O)CCCCCCC(=O)NO)cc2)cc1)C(=O)OC(C)(C)C. The number of amides is 5. The molecule has 2 aromatic rings. The van der Waals surface area contributed by atoms with Gasteiger partial charge in [-0.25, -0.2) is 25.5 Å². The van der Waals surface area contributed by atoms with Gasteiger partial charge in [0, 0.05) is 30.6 Å². The molecule has 49 heavy (non-hydrogen) atoms. The Morgan fingerprint density at radius 2 is 1.06 bits per heavy atom. The number of hydrogen-bond donors (Lipinski definition) is 5. The molecule has 0 fully saturated rings. The second-order valence-electron chi connectivity index (χ2n) is 13.8. The highest BCUT2D eigenvalue weighted by molar-refractivity contribution is 5.91. The molecule has 0 radical (unpaired) electrons. The molecule has 0 bridgehead atoms. The first-order valence-corrected chi connectivity index (χ1v) is 16.7. The zero-order chi connectivity index (χ0) is 36.5. The van der Waals surface area contributed by atoms with Crippen LogP contribution in [0.5, 0.6) is 0 Å². The average molecular weight is 684 g/mol. The Morgan fingerprint density at radius 1 is 0.612 bits per heavy atom. The van der Waals surface area contributed by atoms with Crippen LogP contribution in [0.2, 0.25) is 0 Å². The van der Waals surface area contributed by atoms with Crippen LogP contribution in [0, 0.1) is 0 Å². The van der Waals surface area contributed by atoms with Crippen LogP contribution in [-0.2, 0) is 36.7 Å². The van der Waals surface area contributed by atoms with E-state index in [4.69, 9.17) is 14.7 Å². The first-order chi connectivity index (χ1) is 23.0. The monoisotopic (exact) mass is 683 g/mol. The van der Waals surface area contributed by atoms with Crippen LogP contribution in [0.15, 0.2) is 48.5 Å². The zero-order valence-electron chi connectivity index (χ0n) is 29.6. The lowest BCUT2D eigenvalue weighted by atomic mass is 10.1. The Bertz CT molecular complexity index is 1370. The second kappa shape index (κ2) is 20.0. The summed E-state index contributed by atoms with van der Waals surface area (Å²) in [7, 11) is 0. The fraction of sp³-hybridized carbons (Fsp3) is 0.528. The van der Waals surface area contributed by atoms with Crippen LogP contribution in [0.4, 0.5) is 21.0 Å². The van der Waals surface area contributed by atoms with E-state index in [0.29, 0.717) is 49.9 Å². The number of anilines is 2. The van der Waals surface area contributed by atoms with Crippen molar-refractivity contribution < 1.29 is 38.7 Å². The molecule has 0 aliphatic rings. The number of hydroxylamine groups is 1. The molecule has 0 aliphatic heterocycles. The Labute approximate surface area is 289 Å². The number of carbonyl (C=O) groups excluding carboxylic acids is 5. The van der Waals surface area contributed by atoms with E-state index in [-0.39, 0.29) is 24.8 Å². The molecule has 0 atom stereocenters. The molecule has 0 aromatic heterocycles. The van der Waals surface area contributed by atoms with Gasteiger partial charge in [-0.15, -0.1) is 0 Å². The number of nitrogens with one attached hydrogen (secondary N) is 4. The topological polar surface area (TPSA) is 175 Å². The van der Waals surface area contributed by atoms with E-state index in [0.717, 1.165) is 35.4 Å². The summed E-state index contributed by atoms with van der Waals surface area (Å²) in [4.78, 5) is 60.8. The van der Waals surface area contributed by atoms with Crippen LogP contribution < -0.4 is 21.5 Å². The Kier molecular flexibility index (Phi) is 16.5. The van der Waals surface area contributed by atoms with Gasteiger partial charge >= 0.3 is 12.2 Å². The summed E-state index contributed by atoms with van der Waals surface area (Å²) in [5.74, 6) is -0.571. The lowest BCUT2D eigenvalue weighted by molar-refractivity contribution is -0.129. The van der Waals surface area contributed by atoms with Crippen molar-refractivity contribution in [3.63, 3.8) is 0 Å². The lowest BCUT2D eigenvalue weighted by Crippen LogP contribution is -2.50. The summed E-state index contributed by atoms with van der Waals surface area (Å²) in [6, 6.07) is 14.8. The van der Waals surface area contributed by atoms with Gasteiger partial charge < -0.3 is 20.1 Å². The minimum atomic E-state index is -0.762. The smallest absolute Gasteiger partial charge is 0.429 e.